The number of carbonyl (C=O) groups is 1. The van der Waals surface area contributed by atoms with Gasteiger partial charge in [-0.25, -0.2) is 0 Å². The van der Waals surface area contributed by atoms with E-state index in [2.05, 4.69) is 0 Å². The largest absolute Gasteiger partial charge is 0.296 e. The molecule has 0 saturated heterocycles. The van der Waals surface area contributed by atoms with Crippen molar-refractivity contribution in [1.29, 1.82) is 0 Å². The Kier molecular flexibility index (Phi) is 4.34. The number of rotatable bonds is 5. The zero-order chi connectivity index (χ0) is 13.0. The quantitative estimate of drug-likeness (QED) is 0.446. The third kappa shape index (κ3) is 3.64. The van der Waals surface area contributed by atoms with Crippen molar-refractivity contribution in [3.05, 3.63) is 39.9 Å². The van der Waals surface area contributed by atoms with E-state index >= 15 is 0 Å². The number of nitro benzene ring substituents is 1. The fourth-order valence-electron chi connectivity index (χ4n) is 1.29. The third-order valence-corrected chi connectivity index (χ3v) is 2.65. The Labute approximate surface area is 100 Å². The molecule has 0 aliphatic heterocycles. The predicted octanol–water partition coefficient (Wildman–Crippen LogP) is 2.12. The summed E-state index contributed by atoms with van der Waals surface area (Å²) in [5, 5.41) is 10.6. The van der Waals surface area contributed by atoms with Crippen molar-refractivity contribution in [2.45, 2.75) is 19.9 Å². The number of non-ortho nitro benzene ring substituents is 1. The van der Waals surface area contributed by atoms with E-state index in [9.17, 15) is 14.9 Å². The second-order valence-corrected chi connectivity index (χ2v) is 4.24. The van der Waals surface area contributed by atoms with Gasteiger partial charge in [0.05, 0.1) is 11.5 Å². The molecule has 0 bridgehead atoms. The molecule has 0 amide bonds. The van der Waals surface area contributed by atoms with Crippen LogP contribution in [-0.2, 0) is 0 Å². The fourth-order valence-corrected chi connectivity index (χ4v) is 1.29. The number of carbonyl (C=O) groups excluding carboxylic acids is 1. The first-order chi connectivity index (χ1) is 7.91. The summed E-state index contributed by atoms with van der Waals surface area (Å²) in [6, 6.07) is 6.08. The van der Waals surface area contributed by atoms with E-state index in [1.54, 1.807) is 6.07 Å². The maximum absolute atomic E-state index is 11.9. The molecule has 1 aromatic rings. The Bertz CT molecular complexity index is 430. The summed E-state index contributed by atoms with van der Waals surface area (Å²) in [5.41, 5.74) is 0.328. The van der Waals surface area contributed by atoms with Crippen molar-refractivity contribution in [2.75, 3.05) is 13.6 Å². The summed E-state index contributed by atoms with van der Waals surface area (Å²) in [7, 11) is 1.85. The molecule has 5 heteroatoms. The van der Waals surface area contributed by atoms with Crippen LogP contribution in [0.4, 0.5) is 5.69 Å². The molecule has 17 heavy (non-hydrogen) atoms. The number of Topliss-reactive ketones (excluding diaryl/α,β-unsaturated/α-hetero) is 1. The number of ketones is 1. The number of nitrogens with zero attached hydrogens (tertiary/aromatic N) is 2. The zero-order valence-corrected chi connectivity index (χ0v) is 10.2. The van der Waals surface area contributed by atoms with Gasteiger partial charge in [0.15, 0.2) is 5.78 Å². The predicted molar refractivity (Wildman–Crippen MR) is 65.2 cm³/mol. The van der Waals surface area contributed by atoms with Crippen LogP contribution < -0.4 is 0 Å². The van der Waals surface area contributed by atoms with Crippen molar-refractivity contribution in [3.63, 3.8) is 0 Å². The number of hydrogen-bond acceptors (Lipinski definition) is 4. The van der Waals surface area contributed by atoms with Gasteiger partial charge in [-0.1, -0.05) is 12.1 Å². The molecule has 0 atom stereocenters. The van der Waals surface area contributed by atoms with E-state index in [0.717, 1.165) is 0 Å². The first-order valence-corrected chi connectivity index (χ1v) is 5.39. The summed E-state index contributed by atoms with van der Waals surface area (Å²) >= 11 is 0. The molecule has 0 aliphatic rings. The van der Waals surface area contributed by atoms with Gasteiger partial charge >= 0.3 is 0 Å². The van der Waals surface area contributed by atoms with E-state index in [1.807, 2.05) is 25.8 Å². The molecular formula is C12H16N2O3. The van der Waals surface area contributed by atoms with Gasteiger partial charge in [0, 0.05) is 23.7 Å². The molecule has 0 spiro atoms. The lowest BCUT2D eigenvalue weighted by molar-refractivity contribution is -0.384. The lowest BCUT2D eigenvalue weighted by Crippen LogP contribution is -2.31. The van der Waals surface area contributed by atoms with Gasteiger partial charge in [-0.15, -0.1) is 0 Å². The molecule has 0 aromatic heterocycles. The first-order valence-electron chi connectivity index (χ1n) is 5.39. The van der Waals surface area contributed by atoms with Gasteiger partial charge in [-0.3, -0.25) is 19.8 Å². The Balaban J connectivity index is 2.82. The Morgan fingerprint density at radius 1 is 1.47 bits per heavy atom. The van der Waals surface area contributed by atoms with Crippen LogP contribution in [0.5, 0.6) is 0 Å². The van der Waals surface area contributed by atoms with Crippen LogP contribution in [0.2, 0.25) is 0 Å². The topological polar surface area (TPSA) is 63.5 Å². The van der Waals surface area contributed by atoms with Crippen LogP contribution in [-0.4, -0.2) is 35.2 Å². The average Bonchev–Trinajstić information content (AvgIpc) is 2.28. The van der Waals surface area contributed by atoms with Crippen LogP contribution >= 0.6 is 0 Å². The highest BCUT2D eigenvalue weighted by Crippen LogP contribution is 2.14. The van der Waals surface area contributed by atoms with Gasteiger partial charge in [-0.2, -0.15) is 0 Å². The minimum atomic E-state index is -0.497. The van der Waals surface area contributed by atoms with Gasteiger partial charge < -0.3 is 0 Å². The maximum atomic E-state index is 11.9. The summed E-state index contributed by atoms with van der Waals surface area (Å²) in [6.07, 6.45) is 0. The second kappa shape index (κ2) is 5.54. The summed E-state index contributed by atoms with van der Waals surface area (Å²) < 4.78 is 0. The van der Waals surface area contributed by atoms with E-state index in [0.29, 0.717) is 5.56 Å². The van der Waals surface area contributed by atoms with E-state index in [-0.39, 0.29) is 24.1 Å². The summed E-state index contributed by atoms with van der Waals surface area (Å²) in [4.78, 5) is 23.9. The van der Waals surface area contributed by atoms with Crippen LogP contribution in [0.1, 0.15) is 24.2 Å². The number of nitro groups is 1. The van der Waals surface area contributed by atoms with Crippen LogP contribution in [0.15, 0.2) is 24.3 Å². The Morgan fingerprint density at radius 2 is 2.12 bits per heavy atom. The standard InChI is InChI=1S/C12H16N2O3/c1-9(2)13(3)8-12(15)10-5-4-6-11(7-10)14(16)17/h4-7,9H,8H2,1-3H3. The molecule has 0 N–H and O–H groups in total. The van der Waals surface area contributed by atoms with Crippen molar-refractivity contribution < 1.29 is 9.72 Å². The van der Waals surface area contributed by atoms with Crippen LogP contribution in [0.25, 0.3) is 0 Å². The van der Waals surface area contributed by atoms with Gasteiger partial charge in [-0.05, 0) is 20.9 Å². The third-order valence-electron chi connectivity index (χ3n) is 2.65. The maximum Gasteiger partial charge on any atom is 0.270 e. The van der Waals surface area contributed by atoms with E-state index < -0.39 is 4.92 Å². The lowest BCUT2D eigenvalue weighted by atomic mass is 10.1. The van der Waals surface area contributed by atoms with Crippen molar-refractivity contribution in [3.8, 4) is 0 Å². The molecule has 0 saturated carbocycles. The smallest absolute Gasteiger partial charge is 0.270 e. The molecule has 0 heterocycles. The van der Waals surface area contributed by atoms with Crippen LogP contribution in [0.3, 0.4) is 0 Å². The van der Waals surface area contributed by atoms with Gasteiger partial charge in [0.25, 0.3) is 5.69 Å². The molecule has 0 fully saturated rings. The lowest BCUT2D eigenvalue weighted by Gasteiger charge is -2.19. The second-order valence-electron chi connectivity index (χ2n) is 4.24. The van der Waals surface area contributed by atoms with Crippen LogP contribution in [0, 0.1) is 10.1 Å². The molecule has 0 unspecified atom stereocenters. The molecule has 0 aliphatic carbocycles. The number of benzene rings is 1. The summed E-state index contributed by atoms with van der Waals surface area (Å²) in [5.74, 6) is -0.107. The van der Waals surface area contributed by atoms with Gasteiger partial charge in [0.1, 0.15) is 0 Å². The Morgan fingerprint density at radius 3 is 2.65 bits per heavy atom. The summed E-state index contributed by atoms with van der Waals surface area (Å²) in [6.45, 7) is 4.24. The molecule has 0 radical (unpaired) electrons. The minimum absolute atomic E-state index is 0.0527. The number of hydrogen-bond donors (Lipinski definition) is 0. The minimum Gasteiger partial charge on any atom is -0.296 e. The first kappa shape index (κ1) is 13.3. The highest BCUT2D eigenvalue weighted by molar-refractivity contribution is 5.98. The molecule has 1 aromatic carbocycles. The highest BCUT2D eigenvalue weighted by atomic mass is 16.6. The van der Waals surface area contributed by atoms with Crippen molar-refractivity contribution >= 4 is 11.5 Å². The highest BCUT2D eigenvalue weighted by Gasteiger charge is 2.14. The van der Waals surface area contributed by atoms with E-state index in [4.69, 9.17) is 0 Å². The molecule has 5 nitrogen and oxygen atoms in total. The number of likely N-dealkylation sites (N-methyl/N-ethyl adjacent to an activating group) is 1. The SMILES string of the molecule is CC(C)N(C)CC(=O)c1cccc([N+](=O)[O-])c1. The fraction of sp³-hybridized carbons (Fsp3) is 0.417. The Hall–Kier alpha value is -1.75. The average molecular weight is 236 g/mol. The monoisotopic (exact) mass is 236 g/mol. The normalized spacial score (nSPS) is 10.9. The van der Waals surface area contributed by atoms with Gasteiger partial charge in [0.2, 0.25) is 0 Å². The molecular weight excluding hydrogens is 220 g/mol. The molecule has 92 valence electrons. The molecule has 1 rings (SSSR count). The van der Waals surface area contributed by atoms with Crippen molar-refractivity contribution in [1.82, 2.24) is 4.90 Å². The van der Waals surface area contributed by atoms with Crippen molar-refractivity contribution in [2.24, 2.45) is 0 Å². The zero-order valence-electron chi connectivity index (χ0n) is 10.2. The van der Waals surface area contributed by atoms with E-state index in [1.165, 1.54) is 18.2 Å².